The van der Waals surface area contributed by atoms with E-state index in [9.17, 15) is 10.1 Å². The van der Waals surface area contributed by atoms with Crippen LogP contribution in [0.4, 0.5) is 5.82 Å². The van der Waals surface area contributed by atoms with Crippen LogP contribution in [-0.4, -0.2) is 34.3 Å². The maximum Gasteiger partial charge on any atom is 0.390 e. The van der Waals surface area contributed by atoms with Gasteiger partial charge in [-0.25, -0.2) is 14.5 Å². The number of nitrogens with zero attached hydrogens (tertiary/aromatic N) is 7. The van der Waals surface area contributed by atoms with Crippen LogP contribution in [-0.2, 0) is 13.0 Å². The molecular weight excluding hydrogens is 310 g/mol. The van der Waals surface area contributed by atoms with Crippen LogP contribution >= 0.6 is 0 Å². The van der Waals surface area contributed by atoms with E-state index in [-0.39, 0.29) is 5.82 Å². The quantitative estimate of drug-likeness (QED) is 0.420. The van der Waals surface area contributed by atoms with Gasteiger partial charge in [0.05, 0.1) is 28.9 Å². The van der Waals surface area contributed by atoms with Gasteiger partial charge in [-0.05, 0) is 24.0 Å². The van der Waals surface area contributed by atoms with Crippen molar-refractivity contribution in [1.29, 1.82) is 0 Å². The van der Waals surface area contributed by atoms with Gasteiger partial charge in [-0.15, -0.1) is 5.10 Å². The van der Waals surface area contributed by atoms with Gasteiger partial charge in [-0.2, -0.15) is 4.68 Å². The maximum atomic E-state index is 10.8. The fourth-order valence-corrected chi connectivity index (χ4v) is 2.64. The Balaban J connectivity index is 1.63. The van der Waals surface area contributed by atoms with E-state index >= 15 is 0 Å². The third kappa shape index (κ3) is 2.35. The molecule has 120 valence electrons. The van der Waals surface area contributed by atoms with Crippen LogP contribution in [0.3, 0.4) is 0 Å². The van der Waals surface area contributed by atoms with Crippen LogP contribution in [0.25, 0.3) is 16.6 Å². The molecule has 3 aromatic heterocycles. The first kappa shape index (κ1) is 14.2. The van der Waals surface area contributed by atoms with Crippen LogP contribution in [0.1, 0.15) is 11.5 Å². The number of rotatable bonds is 4. The van der Waals surface area contributed by atoms with Gasteiger partial charge in [0.15, 0.2) is 11.5 Å². The average molecular weight is 323 g/mol. The summed E-state index contributed by atoms with van der Waals surface area (Å²) in [5, 5.41) is 20.1. The Morgan fingerprint density at radius 3 is 2.88 bits per heavy atom. The van der Waals surface area contributed by atoms with Gasteiger partial charge in [0.1, 0.15) is 6.33 Å². The highest BCUT2D eigenvalue weighted by molar-refractivity contribution is 5.90. The Morgan fingerprint density at radius 2 is 2.08 bits per heavy atom. The number of aryl methyl sites for hydroxylation is 3. The summed E-state index contributed by atoms with van der Waals surface area (Å²) in [6.07, 6.45) is 2.16. The van der Waals surface area contributed by atoms with Crippen molar-refractivity contribution >= 4 is 22.4 Å². The summed E-state index contributed by atoms with van der Waals surface area (Å²) < 4.78 is 3.25. The minimum Gasteiger partial charge on any atom is -0.358 e. The van der Waals surface area contributed by atoms with E-state index in [1.165, 1.54) is 6.07 Å². The molecule has 0 spiro atoms. The minimum atomic E-state index is -0.496. The van der Waals surface area contributed by atoms with E-state index in [1.807, 2.05) is 24.3 Å². The molecule has 0 radical (unpaired) electrons. The summed E-state index contributed by atoms with van der Waals surface area (Å²) in [6.45, 7) is 2.26. The molecule has 24 heavy (non-hydrogen) atoms. The van der Waals surface area contributed by atoms with E-state index in [0.717, 1.165) is 22.2 Å². The van der Waals surface area contributed by atoms with E-state index in [4.69, 9.17) is 0 Å². The van der Waals surface area contributed by atoms with Crippen molar-refractivity contribution in [1.82, 2.24) is 29.4 Å². The normalized spacial score (nSPS) is 11.4. The molecule has 0 aliphatic heterocycles. The Labute approximate surface area is 135 Å². The van der Waals surface area contributed by atoms with Gasteiger partial charge >= 0.3 is 5.82 Å². The van der Waals surface area contributed by atoms with E-state index in [0.29, 0.717) is 18.8 Å². The van der Waals surface area contributed by atoms with Crippen LogP contribution in [0.15, 0.2) is 36.7 Å². The molecule has 0 atom stereocenters. The smallest absolute Gasteiger partial charge is 0.358 e. The van der Waals surface area contributed by atoms with Crippen LogP contribution in [0, 0.1) is 17.0 Å². The third-order valence-electron chi connectivity index (χ3n) is 3.83. The summed E-state index contributed by atoms with van der Waals surface area (Å²) in [4.78, 5) is 19.2. The van der Waals surface area contributed by atoms with Gasteiger partial charge < -0.3 is 10.1 Å². The molecule has 4 aromatic rings. The summed E-state index contributed by atoms with van der Waals surface area (Å²) in [7, 11) is 0. The van der Waals surface area contributed by atoms with E-state index in [1.54, 1.807) is 22.4 Å². The van der Waals surface area contributed by atoms with Gasteiger partial charge in [0.2, 0.25) is 0 Å². The molecule has 4 rings (SSSR count). The van der Waals surface area contributed by atoms with Gasteiger partial charge in [0, 0.05) is 11.8 Å². The Morgan fingerprint density at radius 1 is 1.25 bits per heavy atom. The zero-order valence-corrected chi connectivity index (χ0v) is 12.8. The van der Waals surface area contributed by atoms with Crippen molar-refractivity contribution < 1.29 is 4.92 Å². The van der Waals surface area contributed by atoms with Crippen molar-refractivity contribution in [2.24, 2.45) is 0 Å². The predicted octanol–water partition coefficient (Wildman–Crippen LogP) is 1.93. The van der Waals surface area contributed by atoms with E-state index < -0.39 is 4.92 Å². The molecule has 1 aromatic carbocycles. The van der Waals surface area contributed by atoms with Gasteiger partial charge in [0.25, 0.3) is 0 Å². The molecule has 0 amide bonds. The van der Waals surface area contributed by atoms with Crippen LogP contribution in [0.2, 0.25) is 0 Å². The van der Waals surface area contributed by atoms with Crippen molar-refractivity contribution in [2.75, 3.05) is 0 Å². The van der Waals surface area contributed by atoms with Crippen molar-refractivity contribution in [3.05, 3.63) is 58.3 Å². The number of fused-ring (bicyclic) bond motifs is 3. The lowest BCUT2D eigenvalue weighted by atomic mass is 10.2. The summed E-state index contributed by atoms with van der Waals surface area (Å²) in [5.74, 6) is 0.497. The fraction of sp³-hybridized carbons (Fsp3) is 0.200. The standard InChI is InChI=1S/C15H13N7O2/c1-10-8-14(22(23)24)19-20(10)7-6-13-17-15-11-4-2-3-5-12(11)16-9-21(15)18-13/h2-5,8-9H,6-7H2,1H3. The highest BCUT2D eigenvalue weighted by Crippen LogP contribution is 2.16. The average Bonchev–Trinajstić information content (AvgIpc) is 3.16. The first-order valence-electron chi connectivity index (χ1n) is 7.39. The van der Waals surface area contributed by atoms with Crippen LogP contribution in [0.5, 0.6) is 0 Å². The zero-order chi connectivity index (χ0) is 16.7. The first-order chi connectivity index (χ1) is 11.6. The number of nitro groups is 1. The molecule has 0 aliphatic rings. The van der Waals surface area contributed by atoms with Crippen molar-refractivity contribution in [2.45, 2.75) is 19.9 Å². The number of hydrogen-bond donors (Lipinski definition) is 0. The molecule has 0 saturated carbocycles. The maximum absolute atomic E-state index is 10.8. The molecule has 0 aliphatic carbocycles. The molecule has 3 heterocycles. The van der Waals surface area contributed by atoms with Gasteiger partial charge in [-0.3, -0.25) is 0 Å². The highest BCUT2D eigenvalue weighted by atomic mass is 16.6. The molecule has 9 heteroatoms. The lowest BCUT2D eigenvalue weighted by molar-refractivity contribution is -0.389. The minimum absolute atomic E-state index is 0.148. The lowest BCUT2D eigenvalue weighted by Crippen LogP contribution is -2.06. The molecule has 0 N–H and O–H groups in total. The molecule has 0 unspecified atom stereocenters. The number of aromatic nitrogens is 6. The fourth-order valence-electron chi connectivity index (χ4n) is 2.64. The van der Waals surface area contributed by atoms with Crippen molar-refractivity contribution in [3.63, 3.8) is 0 Å². The van der Waals surface area contributed by atoms with Crippen LogP contribution < -0.4 is 0 Å². The molecule has 0 saturated heterocycles. The van der Waals surface area contributed by atoms with E-state index in [2.05, 4.69) is 20.2 Å². The Hall–Kier alpha value is -3.36. The second-order valence-corrected chi connectivity index (χ2v) is 5.43. The molecule has 0 bridgehead atoms. The molecular formula is C15H13N7O2. The predicted molar refractivity (Wildman–Crippen MR) is 85.6 cm³/mol. The molecule has 0 fully saturated rings. The monoisotopic (exact) mass is 323 g/mol. The summed E-state index contributed by atoms with van der Waals surface area (Å²) >= 11 is 0. The zero-order valence-electron chi connectivity index (χ0n) is 12.8. The Bertz CT molecular complexity index is 1070. The first-order valence-corrected chi connectivity index (χ1v) is 7.39. The second kappa shape index (κ2) is 5.37. The van der Waals surface area contributed by atoms with Crippen molar-refractivity contribution in [3.8, 4) is 0 Å². The number of hydrogen-bond acceptors (Lipinski definition) is 6. The largest absolute Gasteiger partial charge is 0.390 e. The third-order valence-corrected chi connectivity index (χ3v) is 3.83. The SMILES string of the molecule is Cc1cc([N+](=O)[O-])nn1CCc1nc2c3ccccc3ncn2n1. The topological polar surface area (TPSA) is 104 Å². The number of benzene rings is 1. The molecule has 9 nitrogen and oxygen atoms in total. The number of para-hydroxylation sites is 1. The van der Waals surface area contributed by atoms with Gasteiger partial charge in [-0.1, -0.05) is 12.1 Å². The lowest BCUT2D eigenvalue weighted by Gasteiger charge is -1.96. The summed E-state index contributed by atoms with van der Waals surface area (Å²) in [6, 6.07) is 9.20. The highest BCUT2D eigenvalue weighted by Gasteiger charge is 2.16. The Kier molecular flexibility index (Phi) is 3.19. The summed E-state index contributed by atoms with van der Waals surface area (Å²) in [5.41, 5.74) is 2.35. The second-order valence-electron chi connectivity index (χ2n) is 5.43.